The Labute approximate surface area is 110 Å². The van der Waals surface area contributed by atoms with Gasteiger partial charge in [0.25, 0.3) is 5.91 Å². The van der Waals surface area contributed by atoms with Crippen molar-refractivity contribution in [2.75, 3.05) is 5.01 Å². The van der Waals surface area contributed by atoms with Crippen molar-refractivity contribution < 1.29 is 9.59 Å². The molecule has 1 aliphatic heterocycles. The Kier molecular flexibility index (Phi) is 3.48. The van der Waals surface area contributed by atoms with Gasteiger partial charge in [0, 0.05) is 17.2 Å². The fourth-order valence-electron chi connectivity index (χ4n) is 1.92. The quantitative estimate of drug-likeness (QED) is 0.843. The topological polar surface area (TPSA) is 49.7 Å². The van der Waals surface area contributed by atoms with Gasteiger partial charge in [-0.15, -0.1) is 0 Å². The molecule has 1 heterocycles. The molecule has 1 amide bonds. The molecule has 0 fully saturated rings. The number of benzene rings is 1. The van der Waals surface area contributed by atoms with Crippen LogP contribution in [0, 0.1) is 5.92 Å². The van der Waals surface area contributed by atoms with Crippen LogP contribution in [0.5, 0.6) is 0 Å². The van der Waals surface area contributed by atoms with Crippen molar-refractivity contribution in [1.29, 1.82) is 0 Å². The van der Waals surface area contributed by atoms with Crippen LogP contribution in [0.25, 0.3) is 0 Å². The zero-order chi connectivity index (χ0) is 13.3. The minimum Gasteiger partial charge on any atom is -0.300 e. The Morgan fingerprint density at radius 2 is 2.22 bits per heavy atom. The van der Waals surface area contributed by atoms with Gasteiger partial charge in [-0.25, -0.2) is 5.01 Å². The molecule has 0 spiro atoms. The summed E-state index contributed by atoms with van der Waals surface area (Å²) in [5.74, 6) is -0.637. The predicted molar refractivity (Wildman–Crippen MR) is 70.8 cm³/mol. The lowest BCUT2D eigenvalue weighted by Crippen LogP contribution is -2.28. The van der Waals surface area contributed by atoms with E-state index in [4.69, 9.17) is 11.6 Å². The number of carbonyl (C=O) groups is 2. The highest BCUT2D eigenvalue weighted by Gasteiger charge is 2.34. The Bertz CT molecular complexity index is 540. The Balaban J connectivity index is 2.28. The smallest absolute Gasteiger partial charge is 0.256 e. The van der Waals surface area contributed by atoms with Gasteiger partial charge in [0.1, 0.15) is 5.78 Å². The third-order valence-electron chi connectivity index (χ3n) is 2.81. The standard InChI is InChI=1S/C13H13ClN2O2/c1-8(17)6-12-9(2)15-16(13(12)18)11-5-3-4-10(14)7-11/h3-5,7,12H,6H2,1-2H3. The van der Waals surface area contributed by atoms with Crippen molar-refractivity contribution >= 4 is 34.7 Å². The molecule has 2 rings (SSSR count). The van der Waals surface area contributed by atoms with E-state index in [9.17, 15) is 9.59 Å². The second kappa shape index (κ2) is 4.90. The van der Waals surface area contributed by atoms with E-state index in [1.807, 2.05) is 0 Å². The Morgan fingerprint density at radius 3 is 2.83 bits per heavy atom. The molecule has 0 bridgehead atoms. The number of nitrogens with zero attached hydrogens (tertiary/aromatic N) is 2. The number of halogens is 1. The Morgan fingerprint density at radius 1 is 1.50 bits per heavy atom. The normalized spacial score (nSPS) is 19.1. The fourth-order valence-corrected chi connectivity index (χ4v) is 2.10. The summed E-state index contributed by atoms with van der Waals surface area (Å²) in [5.41, 5.74) is 1.29. The van der Waals surface area contributed by atoms with Gasteiger partial charge in [0.2, 0.25) is 0 Å². The van der Waals surface area contributed by atoms with Gasteiger partial charge in [-0.1, -0.05) is 17.7 Å². The minimum atomic E-state index is -0.443. The predicted octanol–water partition coefficient (Wildman–Crippen LogP) is 2.66. The summed E-state index contributed by atoms with van der Waals surface area (Å²) in [6, 6.07) is 6.92. The van der Waals surface area contributed by atoms with E-state index in [0.717, 1.165) is 0 Å². The van der Waals surface area contributed by atoms with Crippen molar-refractivity contribution in [3.63, 3.8) is 0 Å². The number of hydrazone groups is 1. The summed E-state index contributed by atoms with van der Waals surface area (Å²) in [6.07, 6.45) is 0.200. The zero-order valence-corrected chi connectivity index (χ0v) is 10.9. The average Bonchev–Trinajstić information content (AvgIpc) is 2.56. The third-order valence-corrected chi connectivity index (χ3v) is 3.05. The number of hydrogen-bond donors (Lipinski definition) is 0. The highest BCUT2D eigenvalue weighted by Crippen LogP contribution is 2.27. The Hall–Kier alpha value is -1.68. The van der Waals surface area contributed by atoms with Crippen LogP contribution < -0.4 is 5.01 Å². The molecule has 0 N–H and O–H groups in total. The molecule has 1 unspecified atom stereocenters. The average molecular weight is 265 g/mol. The van der Waals surface area contributed by atoms with Crippen molar-refractivity contribution in [3.05, 3.63) is 29.3 Å². The molecular weight excluding hydrogens is 252 g/mol. The maximum absolute atomic E-state index is 12.2. The maximum Gasteiger partial charge on any atom is 0.256 e. The van der Waals surface area contributed by atoms with Crippen LogP contribution in [0.3, 0.4) is 0 Å². The first-order valence-corrected chi connectivity index (χ1v) is 6.01. The van der Waals surface area contributed by atoms with Crippen LogP contribution in [0.1, 0.15) is 20.3 Å². The molecule has 0 aromatic heterocycles. The number of hydrogen-bond acceptors (Lipinski definition) is 3. The third kappa shape index (κ3) is 2.43. The number of carbonyl (C=O) groups excluding carboxylic acids is 2. The van der Waals surface area contributed by atoms with E-state index in [0.29, 0.717) is 16.4 Å². The lowest BCUT2D eigenvalue weighted by atomic mass is 9.98. The van der Waals surface area contributed by atoms with Crippen LogP contribution in [0.4, 0.5) is 5.69 Å². The lowest BCUT2D eigenvalue weighted by Gasteiger charge is -2.13. The van der Waals surface area contributed by atoms with Crippen molar-refractivity contribution in [2.45, 2.75) is 20.3 Å². The molecule has 1 aliphatic rings. The first-order chi connectivity index (χ1) is 8.49. The van der Waals surface area contributed by atoms with E-state index in [-0.39, 0.29) is 18.1 Å². The highest BCUT2D eigenvalue weighted by atomic mass is 35.5. The molecular formula is C13H13ClN2O2. The van der Waals surface area contributed by atoms with Crippen molar-refractivity contribution in [1.82, 2.24) is 0 Å². The molecule has 0 saturated carbocycles. The summed E-state index contributed by atoms with van der Waals surface area (Å²) in [6.45, 7) is 3.23. The van der Waals surface area contributed by atoms with E-state index in [1.165, 1.54) is 11.9 Å². The van der Waals surface area contributed by atoms with Crippen LogP contribution in [0.2, 0.25) is 5.02 Å². The summed E-state index contributed by atoms with van der Waals surface area (Å²) < 4.78 is 0. The van der Waals surface area contributed by atoms with Crippen LogP contribution in [-0.4, -0.2) is 17.4 Å². The number of ketones is 1. The van der Waals surface area contributed by atoms with E-state index in [1.54, 1.807) is 31.2 Å². The van der Waals surface area contributed by atoms with Crippen LogP contribution in [0.15, 0.2) is 29.4 Å². The van der Waals surface area contributed by atoms with Gasteiger partial charge < -0.3 is 0 Å². The van der Waals surface area contributed by atoms with Gasteiger partial charge in [-0.3, -0.25) is 9.59 Å². The molecule has 1 atom stereocenters. The second-order valence-electron chi connectivity index (χ2n) is 4.33. The molecule has 1 aromatic rings. The maximum atomic E-state index is 12.2. The molecule has 18 heavy (non-hydrogen) atoms. The van der Waals surface area contributed by atoms with Crippen molar-refractivity contribution in [3.8, 4) is 0 Å². The molecule has 0 aliphatic carbocycles. The SMILES string of the molecule is CC(=O)CC1C(=O)N(c2cccc(Cl)c2)N=C1C. The zero-order valence-electron chi connectivity index (χ0n) is 10.2. The number of anilines is 1. The van der Waals surface area contributed by atoms with E-state index >= 15 is 0 Å². The van der Waals surface area contributed by atoms with Crippen molar-refractivity contribution in [2.24, 2.45) is 11.0 Å². The fraction of sp³-hybridized carbons (Fsp3) is 0.308. The molecule has 94 valence electrons. The van der Waals surface area contributed by atoms with Gasteiger partial charge >= 0.3 is 0 Å². The van der Waals surface area contributed by atoms with E-state index in [2.05, 4.69) is 5.10 Å². The van der Waals surface area contributed by atoms with E-state index < -0.39 is 5.92 Å². The number of rotatable bonds is 3. The summed E-state index contributed by atoms with van der Waals surface area (Å²) in [5, 5.41) is 6.06. The minimum absolute atomic E-state index is 0.0177. The largest absolute Gasteiger partial charge is 0.300 e. The van der Waals surface area contributed by atoms with Gasteiger partial charge in [0.15, 0.2) is 0 Å². The summed E-state index contributed by atoms with van der Waals surface area (Å²) >= 11 is 5.89. The first kappa shape index (κ1) is 12.8. The van der Waals surface area contributed by atoms with Gasteiger partial charge in [0.05, 0.1) is 11.6 Å². The molecule has 5 heteroatoms. The second-order valence-corrected chi connectivity index (χ2v) is 4.77. The van der Waals surface area contributed by atoms with Gasteiger partial charge in [-0.2, -0.15) is 5.10 Å². The number of Topliss-reactive ketones (excluding diaryl/α,β-unsaturated/α-hetero) is 1. The van der Waals surface area contributed by atoms with Gasteiger partial charge in [-0.05, 0) is 32.0 Å². The highest BCUT2D eigenvalue weighted by molar-refractivity contribution is 6.31. The monoisotopic (exact) mass is 264 g/mol. The first-order valence-electron chi connectivity index (χ1n) is 5.63. The molecule has 0 radical (unpaired) electrons. The number of amides is 1. The summed E-state index contributed by atoms with van der Waals surface area (Å²) in [4.78, 5) is 23.3. The summed E-state index contributed by atoms with van der Waals surface area (Å²) in [7, 11) is 0. The molecule has 0 saturated heterocycles. The van der Waals surface area contributed by atoms with Crippen LogP contribution in [-0.2, 0) is 9.59 Å². The molecule has 4 nitrogen and oxygen atoms in total. The molecule has 1 aromatic carbocycles. The van der Waals surface area contributed by atoms with Crippen LogP contribution >= 0.6 is 11.6 Å². The lowest BCUT2D eigenvalue weighted by molar-refractivity contribution is -0.124.